The van der Waals surface area contributed by atoms with Crippen molar-refractivity contribution in [2.75, 3.05) is 26.1 Å². The minimum atomic E-state index is -1.02. The number of aliphatic carboxylic acids is 1. The van der Waals surface area contributed by atoms with Gasteiger partial charge in [-0.05, 0) is 53.9 Å². The average Bonchev–Trinajstić information content (AvgIpc) is 2.68. The summed E-state index contributed by atoms with van der Waals surface area (Å²) in [4.78, 5) is 25.7. The van der Waals surface area contributed by atoms with Gasteiger partial charge < -0.3 is 24.8 Å². The number of carboxylic acids is 1. The van der Waals surface area contributed by atoms with Gasteiger partial charge in [0.05, 0.1) is 26.7 Å². The van der Waals surface area contributed by atoms with Gasteiger partial charge in [-0.3, -0.25) is 4.79 Å². The molecule has 8 heteroatoms. The molecule has 0 aliphatic carbocycles. The van der Waals surface area contributed by atoms with Crippen molar-refractivity contribution < 1.29 is 28.6 Å². The van der Waals surface area contributed by atoms with E-state index in [2.05, 4.69) is 5.32 Å². The van der Waals surface area contributed by atoms with Crippen LogP contribution in [-0.2, 0) is 11.2 Å². The van der Waals surface area contributed by atoms with Gasteiger partial charge >= 0.3 is 12.0 Å². The molecule has 0 fully saturated rings. The Balaban J connectivity index is 1.92. The fraction of sp³-hybridized carbons (Fsp3) is 0.300. The number of fused-ring (bicyclic) bond motifs is 1. The molecule has 148 valence electrons. The Kier molecular flexibility index (Phi) is 5.67. The molecule has 0 unspecified atom stereocenters. The Labute approximate surface area is 161 Å². The van der Waals surface area contributed by atoms with Crippen molar-refractivity contribution in [3.8, 4) is 11.5 Å². The zero-order valence-electron chi connectivity index (χ0n) is 15.6. The summed E-state index contributed by atoms with van der Waals surface area (Å²) >= 11 is 0. The van der Waals surface area contributed by atoms with Crippen molar-refractivity contribution in [3.63, 3.8) is 0 Å². The Morgan fingerprint density at radius 2 is 1.82 bits per heavy atom. The number of nitrogens with zero attached hydrogens (tertiary/aromatic N) is 1. The van der Waals surface area contributed by atoms with Crippen LogP contribution in [0.4, 0.5) is 14.9 Å². The Morgan fingerprint density at radius 3 is 2.43 bits per heavy atom. The molecule has 1 aliphatic heterocycles. The molecule has 3 rings (SSSR count). The topological polar surface area (TPSA) is 88.1 Å². The molecule has 1 atom stereocenters. The maximum atomic E-state index is 13.1. The van der Waals surface area contributed by atoms with E-state index in [1.54, 1.807) is 6.07 Å². The fourth-order valence-corrected chi connectivity index (χ4v) is 3.39. The van der Waals surface area contributed by atoms with Gasteiger partial charge in [-0.15, -0.1) is 0 Å². The van der Waals surface area contributed by atoms with Gasteiger partial charge in [-0.1, -0.05) is 0 Å². The van der Waals surface area contributed by atoms with E-state index in [0.29, 0.717) is 35.7 Å². The number of halogens is 1. The van der Waals surface area contributed by atoms with Gasteiger partial charge in [0.1, 0.15) is 5.82 Å². The first-order valence-electron chi connectivity index (χ1n) is 8.72. The summed E-state index contributed by atoms with van der Waals surface area (Å²) in [5.74, 6) is -0.404. The van der Waals surface area contributed by atoms with Crippen LogP contribution >= 0.6 is 0 Å². The fourth-order valence-electron chi connectivity index (χ4n) is 3.39. The van der Waals surface area contributed by atoms with E-state index in [-0.39, 0.29) is 6.42 Å². The molecule has 0 aromatic heterocycles. The lowest BCUT2D eigenvalue weighted by atomic mass is 9.90. The van der Waals surface area contributed by atoms with E-state index in [1.165, 1.54) is 43.4 Å². The zero-order valence-corrected chi connectivity index (χ0v) is 15.6. The predicted molar refractivity (Wildman–Crippen MR) is 100 cm³/mol. The molecule has 2 N–H and O–H groups in total. The number of rotatable bonds is 5. The van der Waals surface area contributed by atoms with Gasteiger partial charge in [0.25, 0.3) is 0 Å². The molecule has 1 aliphatic rings. The molecule has 2 amide bonds. The number of nitrogens with one attached hydrogen (secondary N) is 1. The first-order valence-corrected chi connectivity index (χ1v) is 8.72. The minimum absolute atomic E-state index is 0.251. The number of carbonyl (C=O) groups excluding carboxylic acids is 1. The molecule has 0 spiro atoms. The Bertz CT molecular complexity index is 885. The highest BCUT2D eigenvalue weighted by molar-refractivity contribution is 5.90. The second kappa shape index (κ2) is 8.16. The molecule has 0 radical (unpaired) electrons. The number of hydrogen-bond donors (Lipinski definition) is 2. The summed E-state index contributed by atoms with van der Waals surface area (Å²) in [6, 6.07) is 7.81. The van der Waals surface area contributed by atoms with Crippen molar-refractivity contribution in [2.24, 2.45) is 0 Å². The molecule has 7 nitrogen and oxygen atoms in total. The summed E-state index contributed by atoms with van der Waals surface area (Å²) in [5, 5.41) is 12.1. The highest BCUT2D eigenvalue weighted by Gasteiger charge is 2.33. The average molecular weight is 388 g/mol. The molecule has 0 saturated carbocycles. The highest BCUT2D eigenvalue weighted by Crippen LogP contribution is 2.39. The second-order valence-corrected chi connectivity index (χ2v) is 6.40. The predicted octanol–water partition coefficient (Wildman–Crippen LogP) is 3.45. The lowest BCUT2D eigenvalue weighted by molar-refractivity contribution is -0.138. The molecular formula is C20H21FN2O5. The number of carbonyl (C=O) groups is 2. The quantitative estimate of drug-likeness (QED) is 0.819. The molecule has 1 heterocycles. The van der Waals surface area contributed by atoms with Gasteiger partial charge in [-0.25, -0.2) is 9.18 Å². The lowest BCUT2D eigenvalue weighted by Crippen LogP contribution is -2.43. The van der Waals surface area contributed by atoms with E-state index in [4.69, 9.17) is 9.47 Å². The SMILES string of the molecule is COc1cc2c(cc1OC)[C@H](CC(=O)O)N(C(=O)Nc1ccc(F)cc1)CC2. The third-order valence-corrected chi connectivity index (χ3v) is 4.73. The first kappa shape index (κ1) is 19.5. The van der Waals surface area contributed by atoms with E-state index < -0.39 is 23.9 Å². The minimum Gasteiger partial charge on any atom is -0.493 e. The summed E-state index contributed by atoms with van der Waals surface area (Å²) in [5.41, 5.74) is 2.05. The van der Waals surface area contributed by atoms with Crippen LogP contribution in [0.5, 0.6) is 11.5 Å². The van der Waals surface area contributed by atoms with Crippen LogP contribution in [0, 0.1) is 5.82 Å². The monoisotopic (exact) mass is 388 g/mol. The van der Waals surface area contributed by atoms with Gasteiger partial charge in [0.15, 0.2) is 11.5 Å². The molecule has 2 aromatic rings. The third-order valence-electron chi connectivity index (χ3n) is 4.73. The summed E-state index contributed by atoms with van der Waals surface area (Å²) < 4.78 is 23.7. The van der Waals surface area contributed by atoms with Crippen molar-refractivity contribution in [3.05, 3.63) is 53.3 Å². The van der Waals surface area contributed by atoms with Crippen LogP contribution in [0.25, 0.3) is 0 Å². The zero-order chi connectivity index (χ0) is 20.3. The first-order chi connectivity index (χ1) is 13.4. The van der Waals surface area contributed by atoms with E-state index in [0.717, 1.165) is 5.56 Å². The summed E-state index contributed by atoms with van der Waals surface area (Å²) in [6.45, 7) is 0.341. The maximum Gasteiger partial charge on any atom is 0.322 e. The molecular weight excluding hydrogens is 367 g/mol. The molecule has 0 bridgehead atoms. The van der Waals surface area contributed by atoms with E-state index >= 15 is 0 Å². The van der Waals surface area contributed by atoms with Crippen molar-refractivity contribution >= 4 is 17.7 Å². The number of amides is 2. The molecule has 0 saturated heterocycles. The smallest absolute Gasteiger partial charge is 0.322 e. The standard InChI is InChI=1S/C20H21FN2O5/c1-27-17-9-12-7-8-23(20(26)22-14-5-3-13(21)4-6-14)16(11-19(24)25)15(12)10-18(17)28-2/h3-6,9-10,16H,7-8,11H2,1-2H3,(H,22,26)(H,24,25)/t16-/m0/s1. The van der Waals surface area contributed by atoms with Crippen molar-refractivity contribution in [2.45, 2.75) is 18.9 Å². The number of carboxylic acid groups (broad SMARTS) is 1. The summed E-state index contributed by atoms with van der Waals surface area (Å²) in [6.07, 6.45) is 0.294. The lowest BCUT2D eigenvalue weighted by Gasteiger charge is -2.37. The third kappa shape index (κ3) is 4.00. The van der Waals surface area contributed by atoms with Gasteiger partial charge in [0, 0.05) is 12.2 Å². The van der Waals surface area contributed by atoms with Crippen LogP contribution in [0.15, 0.2) is 36.4 Å². The van der Waals surface area contributed by atoms with Gasteiger partial charge in [-0.2, -0.15) is 0 Å². The normalized spacial score (nSPS) is 15.5. The van der Waals surface area contributed by atoms with E-state index in [1.807, 2.05) is 6.07 Å². The van der Waals surface area contributed by atoms with Crippen LogP contribution < -0.4 is 14.8 Å². The van der Waals surface area contributed by atoms with Crippen LogP contribution in [-0.4, -0.2) is 42.8 Å². The number of methoxy groups -OCH3 is 2. The maximum absolute atomic E-state index is 13.1. The Hall–Kier alpha value is -3.29. The Morgan fingerprint density at radius 1 is 1.18 bits per heavy atom. The highest BCUT2D eigenvalue weighted by atomic mass is 19.1. The largest absolute Gasteiger partial charge is 0.493 e. The molecule has 2 aromatic carbocycles. The number of urea groups is 1. The van der Waals surface area contributed by atoms with Gasteiger partial charge in [0.2, 0.25) is 0 Å². The number of benzene rings is 2. The second-order valence-electron chi connectivity index (χ2n) is 6.40. The van der Waals surface area contributed by atoms with Crippen LogP contribution in [0.1, 0.15) is 23.6 Å². The van der Waals surface area contributed by atoms with Crippen LogP contribution in [0.3, 0.4) is 0 Å². The van der Waals surface area contributed by atoms with Crippen molar-refractivity contribution in [1.82, 2.24) is 4.90 Å². The van der Waals surface area contributed by atoms with Crippen LogP contribution in [0.2, 0.25) is 0 Å². The van der Waals surface area contributed by atoms with Crippen molar-refractivity contribution in [1.29, 1.82) is 0 Å². The van der Waals surface area contributed by atoms with E-state index in [9.17, 15) is 19.1 Å². The number of ether oxygens (including phenoxy) is 2. The number of hydrogen-bond acceptors (Lipinski definition) is 4. The summed E-state index contributed by atoms with van der Waals surface area (Å²) in [7, 11) is 3.03. The number of anilines is 1. The molecule has 28 heavy (non-hydrogen) atoms.